The van der Waals surface area contributed by atoms with Crippen LogP contribution in [0.15, 0.2) is 0 Å². The molecule has 0 aliphatic carbocycles. The third-order valence-corrected chi connectivity index (χ3v) is 4.88. The Kier molecular flexibility index (Phi) is 18.1. The summed E-state index contributed by atoms with van der Waals surface area (Å²) in [5.41, 5.74) is 0. The summed E-state index contributed by atoms with van der Waals surface area (Å²) in [4.78, 5) is 0. The second-order valence-corrected chi connectivity index (χ2v) is 7.12. The van der Waals surface area contributed by atoms with Crippen molar-refractivity contribution in [3.05, 3.63) is 0 Å². The Balaban J connectivity index is 3.25. The van der Waals surface area contributed by atoms with Crippen LogP contribution in [0.1, 0.15) is 130 Å². The van der Waals surface area contributed by atoms with Crippen LogP contribution in [-0.4, -0.2) is 0 Å². The van der Waals surface area contributed by atoms with Crippen molar-refractivity contribution in [1.29, 1.82) is 0 Å². The Morgan fingerprint density at radius 2 is 0.810 bits per heavy atom. The Labute approximate surface area is 136 Å². The predicted molar refractivity (Wildman–Crippen MR) is 99.0 cm³/mol. The molecule has 0 aromatic carbocycles. The number of hydrogen-bond donors (Lipinski definition) is 0. The first kappa shape index (κ1) is 21.0. The summed E-state index contributed by atoms with van der Waals surface area (Å²) in [6.07, 6.45) is 24.8. The monoisotopic (exact) mass is 296 g/mol. The van der Waals surface area contributed by atoms with Crippen molar-refractivity contribution in [2.45, 2.75) is 130 Å². The fourth-order valence-electron chi connectivity index (χ4n) is 3.43. The lowest BCUT2D eigenvalue weighted by Gasteiger charge is -2.15. The molecule has 1 atom stereocenters. The summed E-state index contributed by atoms with van der Waals surface area (Å²) in [6, 6.07) is 0. The van der Waals surface area contributed by atoms with Crippen molar-refractivity contribution < 1.29 is 0 Å². The molecule has 0 aliphatic rings. The third-order valence-electron chi connectivity index (χ3n) is 4.88. The average molecular weight is 297 g/mol. The Morgan fingerprint density at radius 1 is 0.381 bits per heavy atom. The van der Waals surface area contributed by atoms with Crippen LogP contribution < -0.4 is 0 Å². The van der Waals surface area contributed by atoms with Gasteiger partial charge < -0.3 is 0 Å². The molecular weight excluding hydrogens is 252 g/mol. The second kappa shape index (κ2) is 18.1. The van der Waals surface area contributed by atoms with E-state index in [9.17, 15) is 0 Å². The zero-order valence-electron chi connectivity index (χ0n) is 15.6. The summed E-state index contributed by atoms with van der Waals surface area (Å²) in [5, 5.41) is 0. The van der Waals surface area contributed by atoms with Gasteiger partial charge in [0.15, 0.2) is 0 Å². The van der Waals surface area contributed by atoms with Gasteiger partial charge in [-0.15, -0.1) is 0 Å². The van der Waals surface area contributed by atoms with Gasteiger partial charge in [-0.2, -0.15) is 0 Å². The second-order valence-electron chi connectivity index (χ2n) is 7.12. The molecule has 0 saturated heterocycles. The minimum Gasteiger partial charge on any atom is -0.0654 e. The maximum absolute atomic E-state index is 2.35. The van der Waals surface area contributed by atoms with Gasteiger partial charge in [0, 0.05) is 0 Å². The van der Waals surface area contributed by atoms with Crippen LogP contribution in [0.3, 0.4) is 0 Å². The molecule has 0 heterocycles. The lowest BCUT2D eigenvalue weighted by molar-refractivity contribution is 0.383. The fourth-order valence-corrected chi connectivity index (χ4v) is 3.43. The van der Waals surface area contributed by atoms with Crippen LogP contribution in [0.25, 0.3) is 0 Å². The number of hydrogen-bond acceptors (Lipinski definition) is 0. The highest BCUT2D eigenvalue weighted by atomic mass is 14.1. The zero-order chi connectivity index (χ0) is 15.6. The quantitative estimate of drug-likeness (QED) is 0.237. The minimum absolute atomic E-state index is 1.04. The predicted octanol–water partition coefficient (Wildman–Crippen LogP) is 8.29. The van der Waals surface area contributed by atoms with Gasteiger partial charge in [0.25, 0.3) is 0 Å². The Hall–Kier alpha value is 0. The van der Waals surface area contributed by atoms with Crippen LogP contribution in [0.2, 0.25) is 0 Å². The molecule has 0 bridgehead atoms. The lowest BCUT2D eigenvalue weighted by atomic mass is 9.91. The standard InChI is InChI=1S/C21H44/c1-4-7-9-10-11-12-13-14-15-16-17-20-21(18-6-3)19-8-5-2/h21H,4-20H2,1-3H3. The van der Waals surface area contributed by atoms with E-state index in [4.69, 9.17) is 0 Å². The van der Waals surface area contributed by atoms with Gasteiger partial charge in [0.1, 0.15) is 0 Å². The third kappa shape index (κ3) is 16.2. The SMILES string of the molecule is CCCCCCCCCCCCCC(CCC)CCCC. The molecule has 0 saturated carbocycles. The molecule has 0 radical (unpaired) electrons. The van der Waals surface area contributed by atoms with Crippen molar-refractivity contribution in [2.75, 3.05) is 0 Å². The highest BCUT2D eigenvalue weighted by Gasteiger charge is 2.06. The summed E-state index contributed by atoms with van der Waals surface area (Å²) in [6.45, 7) is 6.97. The molecule has 21 heavy (non-hydrogen) atoms. The lowest BCUT2D eigenvalue weighted by Crippen LogP contribution is -2.00. The van der Waals surface area contributed by atoms with E-state index in [-0.39, 0.29) is 0 Å². The van der Waals surface area contributed by atoms with E-state index in [0.717, 1.165) is 5.92 Å². The molecule has 0 rings (SSSR count). The van der Waals surface area contributed by atoms with Crippen LogP contribution in [0.5, 0.6) is 0 Å². The van der Waals surface area contributed by atoms with Crippen molar-refractivity contribution in [3.8, 4) is 0 Å². The Bertz CT molecular complexity index is 173. The molecule has 0 nitrogen and oxygen atoms in total. The molecular formula is C21H44. The van der Waals surface area contributed by atoms with Crippen molar-refractivity contribution in [3.63, 3.8) is 0 Å². The van der Waals surface area contributed by atoms with Gasteiger partial charge in [0.05, 0.1) is 0 Å². The molecule has 1 unspecified atom stereocenters. The summed E-state index contributed by atoms with van der Waals surface area (Å²) >= 11 is 0. The van der Waals surface area contributed by atoms with E-state index in [2.05, 4.69) is 20.8 Å². The smallest absolute Gasteiger partial charge is 0.0414 e. The first-order valence-corrected chi connectivity index (χ1v) is 10.3. The van der Waals surface area contributed by atoms with Crippen LogP contribution >= 0.6 is 0 Å². The molecule has 0 spiro atoms. The minimum atomic E-state index is 1.04. The van der Waals surface area contributed by atoms with E-state index < -0.39 is 0 Å². The molecule has 0 aliphatic heterocycles. The van der Waals surface area contributed by atoms with Gasteiger partial charge in [-0.05, 0) is 5.92 Å². The van der Waals surface area contributed by atoms with Crippen LogP contribution in [-0.2, 0) is 0 Å². The van der Waals surface area contributed by atoms with Gasteiger partial charge in [-0.25, -0.2) is 0 Å². The largest absolute Gasteiger partial charge is 0.0654 e. The normalized spacial score (nSPS) is 12.7. The molecule has 0 N–H and O–H groups in total. The van der Waals surface area contributed by atoms with Crippen molar-refractivity contribution in [2.24, 2.45) is 5.92 Å². The first-order chi connectivity index (χ1) is 10.3. The molecule has 0 aromatic heterocycles. The average Bonchev–Trinajstić information content (AvgIpc) is 2.50. The highest BCUT2D eigenvalue weighted by Crippen LogP contribution is 2.22. The Morgan fingerprint density at radius 3 is 1.29 bits per heavy atom. The summed E-state index contributed by atoms with van der Waals surface area (Å²) < 4.78 is 0. The number of rotatable bonds is 17. The molecule has 0 fully saturated rings. The zero-order valence-corrected chi connectivity index (χ0v) is 15.6. The first-order valence-electron chi connectivity index (χ1n) is 10.3. The van der Waals surface area contributed by atoms with Gasteiger partial charge in [-0.1, -0.05) is 130 Å². The summed E-state index contributed by atoms with van der Waals surface area (Å²) in [7, 11) is 0. The maximum Gasteiger partial charge on any atom is -0.0414 e. The highest BCUT2D eigenvalue weighted by molar-refractivity contribution is 4.60. The fraction of sp³-hybridized carbons (Fsp3) is 1.00. The van der Waals surface area contributed by atoms with E-state index in [1.54, 1.807) is 0 Å². The van der Waals surface area contributed by atoms with Gasteiger partial charge >= 0.3 is 0 Å². The van der Waals surface area contributed by atoms with E-state index in [1.807, 2.05) is 0 Å². The van der Waals surface area contributed by atoms with Crippen LogP contribution in [0, 0.1) is 5.92 Å². The van der Waals surface area contributed by atoms with Crippen molar-refractivity contribution >= 4 is 0 Å². The van der Waals surface area contributed by atoms with Crippen LogP contribution in [0.4, 0.5) is 0 Å². The molecule has 0 heteroatoms. The maximum atomic E-state index is 2.35. The van der Waals surface area contributed by atoms with Gasteiger partial charge in [-0.3, -0.25) is 0 Å². The topological polar surface area (TPSA) is 0 Å². The van der Waals surface area contributed by atoms with E-state index >= 15 is 0 Å². The molecule has 128 valence electrons. The van der Waals surface area contributed by atoms with Crippen molar-refractivity contribution in [1.82, 2.24) is 0 Å². The molecule has 0 aromatic rings. The number of unbranched alkanes of at least 4 members (excludes halogenated alkanes) is 11. The van der Waals surface area contributed by atoms with E-state index in [1.165, 1.54) is 109 Å². The summed E-state index contributed by atoms with van der Waals surface area (Å²) in [5.74, 6) is 1.04. The van der Waals surface area contributed by atoms with E-state index in [0.29, 0.717) is 0 Å². The van der Waals surface area contributed by atoms with Gasteiger partial charge in [0.2, 0.25) is 0 Å². The molecule has 0 amide bonds.